The fourth-order valence-electron chi connectivity index (χ4n) is 3.45. The van der Waals surface area contributed by atoms with E-state index in [9.17, 15) is 0 Å². The maximum Gasteiger partial charge on any atom is 0.238 e. The van der Waals surface area contributed by atoms with Gasteiger partial charge in [-0.15, -0.1) is 11.3 Å². The van der Waals surface area contributed by atoms with Gasteiger partial charge >= 0.3 is 0 Å². The van der Waals surface area contributed by atoms with Gasteiger partial charge in [0.25, 0.3) is 0 Å². The van der Waals surface area contributed by atoms with E-state index in [-0.39, 0.29) is 0 Å². The number of hydrogen-bond donors (Lipinski definition) is 1. The molecule has 0 unspecified atom stereocenters. The second-order valence-electron chi connectivity index (χ2n) is 7.01. The van der Waals surface area contributed by atoms with Crippen molar-refractivity contribution in [1.29, 1.82) is 0 Å². The molecule has 8 heteroatoms. The summed E-state index contributed by atoms with van der Waals surface area (Å²) in [4.78, 5) is 16.1. The first-order chi connectivity index (χ1) is 14.1. The normalized spacial score (nSPS) is 13.1. The summed E-state index contributed by atoms with van der Waals surface area (Å²) in [5, 5.41) is 4.59. The van der Waals surface area contributed by atoms with Crippen LogP contribution in [0.3, 0.4) is 0 Å². The molecule has 1 aromatic carbocycles. The first-order valence-electron chi connectivity index (χ1n) is 9.50. The van der Waals surface area contributed by atoms with Gasteiger partial charge < -0.3 is 14.8 Å². The van der Waals surface area contributed by atoms with E-state index < -0.39 is 0 Å². The first kappa shape index (κ1) is 17.9. The Balaban J connectivity index is 1.52. The van der Waals surface area contributed by atoms with Gasteiger partial charge in [-0.3, -0.25) is 4.57 Å². The zero-order valence-corrected chi connectivity index (χ0v) is 17.3. The highest BCUT2D eigenvalue weighted by Crippen LogP contribution is 2.35. The minimum atomic E-state index is 0.581. The molecule has 0 amide bonds. The van der Waals surface area contributed by atoms with Crippen molar-refractivity contribution in [1.82, 2.24) is 19.5 Å². The van der Waals surface area contributed by atoms with Crippen LogP contribution in [0, 0.1) is 20.8 Å². The van der Waals surface area contributed by atoms with Crippen LogP contribution in [-0.4, -0.2) is 32.7 Å². The van der Waals surface area contributed by atoms with Gasteiger partial charge in [0.15, 0.2) is 11.5 Å². The summed E-state index contributed by atoms with van der Waals surface area (Å²) in [7, 11) is 0. The molecular formula is C21H21N5O2S. The number of benzene rings is 1. The average molecular weight is 407 g/mol. The van der Waals surface area contributed by atoms with Crippen LogP contribution in [0.15, 0.2) is 30.6 Å². The summed E-state index contributed by atoms with van der Waals surface area (Å²) in [5.41, 5.74) is 2.31. The molecule has 0 bridgehead atoms. The Kier molecular flexibility index (Phi) is 4.35. The molecular weight excluding hydrogens is 386 g/mol. The van der Waals surface area contributed by atoms with Crippen molar-refractivity contribution in [2.45, 2.75) is 27.3 Å². The van der Waals surface area contributed by atoms with Crippen LogP contribution < -0.4 is 14.8 Å². The van der Waals surface area contributed by atoms with E-state index in [0.717, 1.165) is 38.9 Å². The number of thiophene rings is 1. The minimum absolute atomic E-state index is 0.581. The van der Waals surface area contributed by atoms with Crippen molar-refractivity contribution < 1.29 is 9.47 Å². The number of aryl methyl sites for hydroxylation is 3. The summed E-state index contributed by atoms with van der Waals surface area (Å²) >= 11 is 1.69. The Morgan fingerprint density at radius 1 is 1.10 bits per heavy atom. The molecule has 148 valence electrons. The Labute approximate surface area is 172 Å². The van der Waals surface area contributed by atoms with Gasteiger partial charge in [0.05, 0.1) is 5.39 Å². The topological polar surface area (TPSA) is 74.1 Å². The number of aromatic nitrogens is 4. The van der Waals surface area contributed by atoms with Crippen molar-refractivity contribution in [2.24, 2.45) is 0 Å². The molecule has 7 nitrogen and oxygen atoms in total. The van der Waals surface area contributed by atoms with Gasteiger partial charge in [-0.1, -0.05) is 6.07 Å². The largest absolute Gasteiger partial charge is 0.486 e. The van der Waals surface area contributed by atoms with Crippen LogP contribution in [0.25, 0.3) is 16.2 Å². The first-order valence-corrected chi connectivity index (χ1v) is 10.3. The van der Waals surface area contributed by atoms with Crippen molar-refractivity contribution in [2.75, 3.05) is 18.5 Å². The highest BCUT2D eigenvalue weighted by atomic mass is 32.1. The molecule has 0 atom stereocenters. The molecule has 1 aliphatic rings. The maximum absolute atomic E-state index is 5.70. The van der Waals surface area contributed by atoms with E-state index in [0.29, 0.717) is 25.7 Å². The Morgan fingerprint density at radius 3 is 2.72 bits per heavy atom. The van der Waals surface area contributed by atoms with Gasteiger partial charge in [0.2, 0.25) is 5.95 Å². The summed E-state index contributed by atoms with van der Waals surface area (Å²) in [6, 6.07) is 6.03. The summed E-state index contributed by atoms with van der Waals surface area (Å²) in [5.74, 6) is 3.90. The van der Waals surface area contributed by atoms with Crippen LogP contribution >= 0.6 is 11.3 Å². The lowest BCUT2D eigenvalue weighted by atomic mass is 10.1. The van der Waals surface area contributed by atoms with Gasteiger partial charge in [0, 0.05) is 23.8 Å². The van der Waals surface area contributed by atoms with E-state index in [2.05, 4.69) is 24.1 Å². The zero-order chi connectivity index (χ0) is 20.0. The fourth-order valence-corrected chi connectivity index (χ4v) is 4.47. The molecule has 4 aromatic rings. The standard InChI is InChI=1S/C21H21N5O2S/c1-12-13(2)29-20-18(12)19(24-21(25-20)26-7-6-22-14(26)3)23-11-15-4-5-16-17(10-15)28-9-8-27-16/h4-7,10H,8-9,11H2,1-3H3,(H,23,24,25). The van der Waals surface area contributed by atoms with E-state index in [1.807, 2.05) is 35.9 Å². The molecule has 0 saturated heterocycles. The monoisotopic (exact) mass is 407 g/mol. The van der Waals surface area contributed by atoms with Crippen LogP contribution in [0.5, 0.6) is 11.5 Å². The van der Waals surface area contributed by atoms with Crippen LogP contribution in [0.2, 0.25) is 0 Å². The third kappa shape index (κ3) is 3.19. The number of ether oxygens (including phenoxy) is 2. The molecule has 29 heavy (non-hydrogen) atoms. The van der Waals surface area contributed by atoms with Crippen LogP contribution in [0.4, 0.5) is 5.82 Å². The van der Waals surface area contributed by atoms with Crippen molar-refractivity contribution in [3.05, 3.63) is 52.4 Å². The van der Waals surface area contributed by atoms with Crippen LogP contribution in [0.1, 0.15) is 21.8 Å². The van der Waals surface area contributed by atoms with E-state index in [4.69, 9.17) is 19.4 Å². The van der Waals surface area contributed by atoms with Crippen molar-refractivity contribution in [3.63, 3.8) is 0 Å². The van der Waals surface area contributed by atoms with Gasteiger partial charge in [-0.05, 0) is 44.0 Å². The lowest BCUT2D eigenvalue weighted by Crippen LogP contribution is -2.15. The quantitative estimate of drug-likeness (QED) is 0.547. The van der Waals surface area contributed by atoms with E-state index in [1.165, 1.54) is 10.4 Å². The third-order valence-corrected chi connectivity index (χ3v) is 6.23. The van der Waals surface area contributed by atoms with Crippen molar-refractivity contribution in [3.8, 4) is 17.4 Å². The van der Waals surface area contributed by atoms with Crippen molar-refractivity contribution >= 4 is 27.4 Å². The highest BCUT2D eigenvalue weighted by molar-refractivity contribution is 7.18. The minimum Gasteiger partial charge on any atom is -0.486 e. The van der Waals surface area contributed by atoms with Gasteiger partial charge in [-0.2, -0.15) is 4.98 Å². The lowest BCUT2D eigenvalue weighted by molar-refractivity contribution is 0.171. The summed E-state index contributed by atoms with van der Waals surface area (Å²) < 4.78 is 13.2. The number of rotatable bonds is 4. The molecule has 3 aromatic heterocycles. The van der Waals surface area contributed by atoms with E-state index >= 15 is 0 Å². The smallest absolute Gasteiger partial charge is 0.238 e. The molecule has 0 aliphatic carbocycles. The summed E-state index contributed by atoms with van der Waals surface area (Å²) in [6.45, 7) is 7.98. The number of nitrogens with zero attached hydrogens (tertiary/aromatic N) is 4. The SMILES string of the molecule is Cc1sc2nc(-n3ccnc3C)nc(NCc3ccc4c(c3)OCCO4)c2c1C. The maximum atomic E-state index is 5.70. The Hall–Kier alpha value is -3.13. The van der Waals surface area contributed by atoms with E-state index in [1.54, 1.807) is 17.5 Å². The van der Waals surface area contributed by atoms with Gasteiger partial charge in [-0.25, -0.2) is 9.97 Å². The van der Waals surface area contributed by atoms with Crippen LogP contribution in [-0.2, 0) is 6.54 Å². The number of hydrogen-bond acceptors (Lipinski definition) is 7. The number of anilines is 1. The predicted molar refractivity (Wildman–Crippen MR) is 114 cm³/mol. The molecule has 5 rings (SSSR count). The Bertz CT molecular complexity index is 1210. The highest BCUT2D eigenvalue weighted by Gasteiger charge is 2.17. The number of imidazole rings is 1. The molecule has 1 aliphatic heterocycles. The fraction of sp³-hybridized carbons (Fsp3) is 0.286. The average Bonchev–Trinajstić information content (AvgIpc) is 3.28. The predicted octanol–water partition coefficient (Wildman–Crippen LogP) is 4.19. The second kappa shape index (κ2) is 7.04. The zero-order valence-electron chi connectivity index (χ0n) is 16.5. The molecule has 1 N–H and O–H groups in total. The number of nitrogens with one attached hydrogen (secondary N) is 1. The molecule has 4 heterocycles. The second-order valence-corrected chi connectivity index (χ2v) is 8.21. The Morgan fingerprint density at radius 2 is 1.93 bits per heavy atom. The summed E-state index contributed by atoms with van der Waals surface area (Å²) in [6.07, 6.45) is 3.64. The molecule has 0 spiro atoms. The lowest BCUT2D eigenvalue weighted by Gasteiger charge is -2.19. The van der Waals surface area contributed by atoms with Gasteiger partial charge in [0.1, 0.15) is 29.7 Å². The molecule has 0 fully saturated rings. The molecule has 0 saturated carbocycles. The third-order valence-electron chi connectivity index (χ3n) is 5.12. The number of fused-ring (bicyclic) bond motifs is 2. The molecule has 0 radical (unpaired) electrons.